The average molecular weight is 395 g/mol. The quantitative estimate of drug-likeness (QED) is 0.721. The Labute approximate surface area is 167 Å². The Balaban J connectivity index is 1.54. The van der Waals surface area contributed by atoms with E-state index in [1.54, 1.807) is 12.1 Å². The van der Waals surface area contributed by atoms with Crippen molar-refractivity contribution in [2.45, 2.75) is 13.3 Å². The molecule has 0 saturated carbocycles. The molecule has 0 aromatic heterocycles. The maximum Gasteiger partial charge on any atom is 0.311 e. The van der Waals surface area contributed by atoms with Crippen molar-refractivity contribution >= 4 is 35.1 Å². The molecule has 1 aliphatic rings. The molecule has 29 heavy (non-hydrogen) atoms. The first-order chi connectivity index (χ1) is 13.8. The summed E-state index contributed by atoms with van der Waals surface area (Å²) < 4.78 is 5.07. The normalized spacial score (nSPS) is 15.8. The first kappa shape index (κ1) is 20.1. The van der Waals surface area contributed by atoms with E-state index in [0.29, 0.717) is 0 Å². The van der Waals surface area contributed by atoms with E-state index in [9.17, 15) is 19.2 Å². The summed E-state index contributed by atoms with van der Waals surface area (Å²) in [4.78, 5) is 49.5. The summed E-state index contributed by atoms with van der Waals surface area (Å²) in [6.07, 6.45) is 0.0266. The van der Waals surface area contributed by atoms with Gasteiger partial charge in [0.25, 0.3) is 11.8 Å². The number of anilines is 2. The number of esters is 1. The first-order valence-electron chi connectivity index (χ1n) is 9.07. The minimum absolute atomic E-state index is 0.0266. The molecule has 2 aromatic rings. The van der Waals surface area contributed by atoms with Crippen LogP contribution in [0.3, 0.4) is 0 Å². The van der Waals surface area contributed by atoms with Crippen LogP contribution in [0.15, 0.2) is 48.5 Å². The third-order valence-corrected chi connectivity index (χ3v) is 4.62. The molecule has 1 aliphatic heterocycles. The van der Waals surface area contributed by atoms with Crippen molar-refractivity contribution < 1.29 is 23.9 Å². The predicted octanol–water partition coefficient (Wildman–Crippen LogP) is 1.63. The molecule has 1 fully saturated rings. The summed E-state index contributed by atoms with van der Waals surface area (Å²) in [6, 6.07) is 13.7. The summed E-state index contributed by atoms with van der Waals surface area (Å²) in [7, 11) is 0. The van der Waals surface area contributed by atoms with Gasteiger partial charge in [0.05, 0.1) is 17.2 Å². The van der Waals surface area contributed by atoms with Gasteiger partial charge in [-0.1, -0.05) is 29.8 Å². The fraction of sp³-hybridized carbons (Fsp3) is 0.238. The molecule has 8 heteroatoms. The largest absolute Gasteiger partial charge is 0.455 e. The van der Waals surface area contributed by atoms with Crippen molar-refractivity contribution in [1.82, 2.24) is 0 Å². The standard InChI is InChI=1S/C21H21N3O5/c1-13-6-8-15(9-7-13)24-11-14(10-19(24)26)21(28)29-12-18(25)23-17-5-3-2-4-16(17)20(22)27/h2-9,14H,10-12H2,1H3,(H2,22,27)(H,23,25)/t14-/m0/s1. The molecule has 3 amide bonds. The second-order valence-electron chi connectivity index (χ2n) is 6.81. The summed E-state index contributed by atoms with van der Waals surface area (Å²) >= 11 is 0. The van der Waals surface area contributed by atoms with E-state index in [-0.39, 0.29) is 30.1 Å². The van der Waals surface area contributed by atoms with Crippen LogP contribution < -0.4 is 16.0 Å². The summed E-state index contributed by atoms with van der Waals surface area (Å²) in [5, 5.41) is 2.49. The zero-order valence-corrected chi connectivity index (χ0v) is 15.9. The zero-order valence-electron chi connectivity index (χ0n) is 15.9. The predicted molar refractivity (Wildman–Crippen MR) is 106 cm³/mol. The van der Waals surface area contributed by atoms with Crippen LogP contribution in [-0.4, -0.2) is 36.8 Å². The van der Waals surface area contributed by atoms with Crippen molar-refractivity contribution in [3.8, 4) is 0 Å². The molecule has 0 spiro atoms. The van der Waals surface area contributed by atoms with E-state index < -0.39 is 30.3 Å². The lowest BCUT2D eigenvalue weighted by Crippen LogP contribution is -2.28. The highest BCUT2D eigenvalue weighted by molar-refractivity contribution is 6.04. The molecule has 0 bridgehead atoms. The van der Waals surface area contributed by atoms with E-state index in [1.165, 1.54) is 17.0 Å². The number of para-hydroxylation sites is 1. The van der Waals surface area contributed by atoms with E-state index in [4.69, 9.17) is 10.5 Å². The van der Waals surface area contributed by atoms with Crippen molar-refractivity contribution in [1.29, 1.82) is 0 Å². The number of hydrogen-bond donors (Lipinski definition) is 2. The van der Waals surface area contributed by atoms with Gasteiger partial charge < -0.3 is 20.7 Å². The molecule has 1 heterocycles. The van der Waals surface area contributed by atoms with Crippen LogP contribution in [0.4, 0.5) is 11.4 Å². The van der Waals surface area contributed by atoms with Crippen molar-refractivity contribution in [3.05, 3.63) is 59.7 Å². The number of primary amides is 1. The van der Waals surface area contributed by atoms with Gasteiger partial charge in [0.2, 0.25) is 5.91 Å². The maximum absolute atomic E-state index is 12.3. The second kappa shape index (κ2) is 8.55. The van der Waals surface area contributed by atoms with Crippen LogP contribution in [0.1, 0.15) is 22.3 Å². The lowest BCUT2D eigenvalue weighted by molar-refractivity contribution is -0.151. The smallest absolute Gasteiger partial charge is 0.311 e. The molecule has 0 unspecified atom stereocenters. The molecule has 3 rings (SSSR count). The third-order valence-electron chi connectivity index (χ3n) is 4.62. The molecule has 2 aromatic carbocycles. The lowest BCUT2D eigenvalue weighted by atomic mass is 10.1. The fourth-order valence-electron chi connectivity index (χ4n) is 3.09. The molecule has 0 radical (unpaired) electrons. The van der Waals surface area contributed by atoms with Crippen molar-refractivity contribution in [2.75, 3.05) is 23.4 Å². The molecular weight excluding hydrogens is 374 g/mol. The van der Waals surface area contributed by atoms with Gasteiger partial charge in [-0.25, -0.2) is 0 Å². The molecule has 1 atom stereocenters. The van der Waals surface area contributed by atoms with Crippen LogP contribution in [0.5, 0.6) is 0 Å². The van der Waals surface area contributed by atoms with Crippen molar-refractivity contribution in [2.24, 2.45) is 11.7 Å². The molecule has 1 saturated heterocycles. The number of ether oxygens (including phenoxy) is 1. The number of aryl methyl sites for hydroxylation is 1. The number of nitrogens with zero attached hydrogens (tertiary/aromatic N) is 1. The summed E-state index contributed by atoms with van der Waals surface area (Å²) in [5.74, 6) is -2.72. The average Bonchev–Trinajstić information content (AvgIpc) is 3.09. The van der Waals surface area contributed by atoms with Gasteiger partial charge in [-0.3, -0.25) is 19.2 Å². The van der Waals surface area contributed by atoms with E-state index >= 15 is 0 Å². The lowest BCUT2D eigenvalue weighted by Gasteiger charge is -2.16. The Morgan fingerprint density at radius 2 is 1.83 bits per heavy atom. The molecule has 3 N–H and O–H groups in total. The van der Waals surface area contributed by atoms with Crippen LogP contribution in [0.2, 0.25) is 0 Å². The number of amides is 3. The Kier molecular flexibility index (Phi) is 5.92. The minimum Gasteiger partial charge on any atom is -0.455 e. The number of benzene rings is 2. The molecule has 150 valence electrons. The van der Waals surface area contributed by atoms with Crippen molar-refractivity contribution in [3.63, 3.8) is 0 Å². The fourth-order valence-corrected chi connectivity index (χ4v) is 3.09. The SMILES string of the molecule is Cc1ccc(N2C[C@@H](C(=O)OCC(=O)Nc3ccccc3C(N)=O)CC2=O)cc1. The van der Waals surface area contributed by atoms with Crippen LogP contribution >= 0.6 is 0 Å². The summed E-state index contributed by atoms with van der Waals surface area (Å²) in [6.45, 7) is 1.62. The molecule has 0 aliphatic carbocycles. The monoisotopic (exact) mass is 395 g/mol. The number of rotatable bonds is 6. The van der Waals surface area contributed by atoms with E-state index in [2.05, 4.69) is 5.32 Å². The Morgan fingerprint density at radius 1 is 1.14 bits per heavy atom. The van der Waals surface area contributed by atoms with E-state index in [0.717, 1.165) is 11.3 Å². The topological polar surface area (TPSA) is 119 Å². The van der Waals surface area contributed by atoms with Gasteiger partial charge in [-0.2, -0.15) is 0 Å². The van der Waals surface area contributed by atoms with Gasteiger partial charge in [-0.05, 0) is 31.2 Å². The number of nitrogens with one attached hydrogen (secondary N) is 1. The number of hydrogen-bond acceptors (Lipinski definition) is 5. The van der Waals surface area contributed by atoms with Gasteiger partial charge in [-0.15, -0.1) is 0 Å². The van der Waals surface area contributed by atoms with Gasteiger partial charge >= 0.3 is 5.97 Å². The third kappa shape index (κ3) is 4.78. The second-order valence-corrected chi connectivity index (χ2v) is 6.81. The van der Waals surface area contributed by atoms with Gasteiger partial charge in [0, 0.05) is 18.7 Å². The van der Waals surface area contributed by atoms with Gasteiger partial charge in [0.15, 0.2) is 6.61 Å². The van der Waals surface area contributed by atoms with Gasteiger partial charge in [0.1, 0.15) is 0 Å². The van der Waals surface area contributed by atoms with Crippen LogP contribution in [-0.2, 0) is 19.1 Å². The molecule has 8 nitrogen and oxygen atoms in total. The highest BCUT2D eigenvalue weighted by atomic mass is 16.5. The van der Waals surface area contributed by atoms with Crippen LogP contribution in [0.25, 0.3) is 0 Å². The van der Waals surface area contributed by atoms with E-state index in [1.807, 2.05) is 31.2 Å². The zero-order chi connectivity index (χ0) is 21.0. The Hall–Kier alpha value is -3.68. The van der Waals surface area contributed by atoms with Crippen LogP contribution in [0, 0.1) is 12.8 Å². The number of carbonyl (C=O) groups excluding carboxylic acids is 4. The minimum atomic E-state index is -0.682. The first-order valence-corrected chi connectivity index (χ1v) is 9.07. The number of carbonyl (C=O) groups is 4. The maximum atomic E-state index is 12.3. The Morgan fingerprint density at radius 3 is 2.52 bits per heavy atom. The molecular formula is C21H21N3O5. The summed E-state index contributed by atoms with van der Waals surface area (Å²) in [5.41, 5.74) is 7.45. The highest BCUT2D eigenvalue weighted by Gasteiger charge is 2.36. The Bertz CT molecular complexity index is 955. The number of nitrogens with two attached hydrogens (primary N) is 1. The highest BCUT2D eigenvalue weighted by Crippen LogP contribution is 2.26.